The Morgan fingerprint density at radius 1 is 1.33 bits per heavy atom. The van der Waals surface area contributed by atoms with Crippen LogP contribution in [0.2, 0.25) is 0 Å². The Kier molecular flexibility index (Phi) is 3.93. The molecule has 1 aliphatic carbocycles. The van der Waals surface area contributed by atoms with Crippen LogP contribution in [-0.4, -0.2) is 34.6 Å². The van der Waals surface area contributed by atoms with Gasteiger partial charge in [0, 0.05) is 31.0 Å². The normalized spacial score (nSPS) is 24.1. The van der Waals surface area contributed by atoms with Crippen molar-refractivity contribution in [2.75, 3.05) is 13.2 Å². The number of hydrogen-bond donors (Lipinski definition) is 1. The van der Waals surface area contributed by atoms with Crippen LogP contribution < -0.4 is 5.32 Å². The molecule has 0 unspecified atom stereocenters. The van der Waals surface area contributed by atoms with Crippen molar-refractivity contribution in [3.63, 3.8) is 0 Å². The van der Waals surface area contributed by atoms with Gasteiger partial charge < -0.3 is 10.1 Å². The molecule has 1 atom stereocenters. The topological polar surface area (TPSA) is 64.1 Å². The molecule has 21 heavy (non-hydrogen) atoms. The molecule has 5 nitrogen and oxygen atoms in total. The summed E-state index contributed by atoms with van der Waals surface area (Å²) in [6, 6.07) is 0. The van der Waals surface area contributed by atoms with E-state index in [1.54, 1.807) is 0 Å². The van der Waals surface area contributed by atoms with Gasteiger partial charge in [0.15, 0.2) is 0 Å². The first-order valence-corrected chi connectivity index (χ1v) is 7.86. The highest BCUT2D eigenvalue weighted by Gasteiger charge is 2.37. The standard InChI is InChI=1S/C16H23N3O2/c1-11-12-5-3-6-13(12)19-14(18-11)7-9-17-15(20)16(2)8-4-10-21-16/h3-10H2,1-2H3,(H,17,20)/t16-/m1/s1. The van der Waals surface area contributed by atoms with Crippen molar-refractivity contribution in [2.24, 2.45) is 0 Å². The lowest BCUT2D eigenvalue weighted by molar-refractivity contribution is -0.139. The third kappa shape index (κ3) is 2.93. The summed E-state index contributed by atoms with van der Waals surface area (Å²) in [5.74, 6) is 0.823. The van der Waals surface area contributed by atoms with Crippen LogP contribution >= 0.6 is 0 Å². The second-order valence-corrected chi connectivity index (χ2v) is 6.19. The number of hydrogen-bond acceptors (Lipinski definition) is 4. The van der Waals surface area contributed by atoms with Gasteiger partial charge in [0.05, 0.1) is 0 Å². The van der Waals surface area contributed by atoms with Crippen LogP contribution in [0.5, 0.6) is 0 Å². The summed E-state index contributed by atoms with van der Waals surface area (Å²) in [5.41, 5.74) is 2.99. The fraction of sp³-hybridized carbons (Fsp3) is 0.688. The molecule has 1 fully saturated rings. The molecule has 0 bridgehead atoms. The zero-order chi connectivity index (χ0) is 14.9. The van der Waals surface area contributed by atoms with Gasteiger partial charge in [0.2, 0.25) is 0 Å². The van der Waals surface area contributed by atoms with E-state index >= 15 is 0 Å². The van der Waals surface area contributed by atoms with E-state index < -0.39 is 5.60 Å². The van der Waals surface area contributed by atoms with E-state index in [0.29, 0.717) is 19.6 Å². The predicted molar refractivity (Wildman–Crippen MR) is 79.1 cm³/mol. The first kappa shape index (κ1) is 14.4. The fourth-order valence-electron chi connectivity index (χ4n) is 3.23. The molecule has 3 rings (SSSR count). The summed E-state index contributed by atoms with van der Waals surface area (Å²) in [5, 5.41) is 2.96. The summed E-state index contributed by atoms with van der Waals surface area (Å²) < 4.78 is 5.54. The van der Waals surface area contributed by atoms with E-state index in [1.165, 1.54) is 17.7 Å². The van der Waals surface area contributed by atoms with Crippen LogP contribution in [0.25, 0.3) is 0 Å². The predicted octanol–water partition coefficient (Wildman–Crippen LogP) is 1.50. The Labute approximate surface area is 125 Å². The lowest BCUT2D eigenvalue weighted by Gasteiger charge is -2.21. The number of carbonyl (C=O) groups is 1. The van der Waals surface area contributed by atoms with Crippen LogP contribution in [0.1, 0.15) is 49.0 Å². The van der Waals surface area contributed by atoms with Gasteiger partial charge in [-0.05, 0) is 51.5 Å². The molecule has 1 amide bonds. The van der Waals surface area contributed by atoms with Gasteiger partial charge in [0.25, 0.3) is 5.91 Å². The summed E-state index contributed by atoms with van der Waals surface area (Å²) in [6.45, 7) is 5.17. The van der Waals surface area contributed by atoms with Gasteiger partial charge in [-0.2, -0.15) is 0 Å². The molecule has 1 N–H and O–H groups in total. The number of nitrogens with one attached hydrogen (secondary N) is 1. The number of carbonyl (C=O) groups excluding carboxylic acids is 1. The molecule has 2 aliphatic rings. The number of nitrogens with zero attached hydrogens (tertiary/aromatic N) is 2. The molecule has 5 heteroatoms. The number of amides is 1. The monoisotopic (exact) mass is 289 g/mol. The van der Waals surface area contributed by atoms with Gasteiger partial charge in [-0.15, -0.1) is 0 Å². The molecule has 0 radical (unpaired) electrons. The second kappa shape index (κ2) is 5.72. The Balaban J connectivity index is 1.56. The van der Waals surface area contributed by atoms with E-state index in [0.717, 1.165) is 37.2 Å². The van der Waals surface area contributed by atoms with Crippen molar-refractivity contribution in [3.05, 3.63) is 22.8 Å². The highest BCUT2D eigenvalue weighted by atomic mass is 16.5. The molecule has 114 valence electrons. The average Bonchev–Trinajstić information content (AvgIpc) is 3.08. The van der Waals surface area contributed by atoms with Crippen molar-refractivity contribution >= 4 is 5.91 Å². The average molecular weight is 289 g/mol. The second-order valence-electron chi connectivity index (χ2n) is 6.19. The van der Waals surface area contributed by atoms with Crippen LogP contribution in [-0.2, 0) is 28.8 Å². The van der Waals surface area contributed by atoms with Crippen LogP contribution in [0.3, 0.4) is 0 Å². The third-order valence-corrected chi connectivity index (χ3v) is 4.52. The minimum absolute atomic E-state index is 0.0159. The van der Waals surface area contributed by atoms with Crippen LogP contribution in [0.15, 0.2) is 0 Å². The Bertz CT molecular complexity index is 551. The highest BCUT2D eigenvalue weighted by molar-refractivity contribution is 5.84. The summed E-state index contributed by atoms with van der Waals surface area (Å²) >= 11 is 0. The molecule has 0 spiro atoms. The van der Waals surface area contributed by atoms with Gasteiger partial charge in [0.1, 0.15) is 11.4 Å². The number of fused-ring (bicyclic) bond motifs is 1. The highest BCUT2D eigenvalue weighted by Crippen LogP contribution is 2.25. The van der Waals surface area contributed by atoms with Crippen molar-refractivity contribution in [2.45, 2.75) is 58.0 Å². The van der Waals surface area contributed by atoms with Crippen molar-refractivity contribution in [1.82, 2.24) is 15.3 Å². The van der Waals surface area contributed by atoms with Gasteiger partial charge in [-0.1, -0.05) is 0 Å². The molecule has 1 aromatic rings. The number of aromatic nitrogens is 2. The number of ether oxygens (including phenoxy) is 1. The van der Waals surface area contributed by atoms with Crippen molar-refractivity contribution in [1.29, 1.82) is 0 Å². The summed E-state index contributed by atoms with van der Waals surface area (Å²) in [7, 11) is 0. The fourth-order valence-corrected chi connectivity index (χ4v) is 3.23. The van der Waals surface area contributed by atoms with Crippen molar-refractivity contribution < 1.29 is 9.53 Å². The van der Waals surface area contributed by atoms with E-state index in [2.05, 4.69) is 22.2 Å². The minimum Gasteiger partial charge on any atom is -0.365 e. The Morgan fingerprint density at radius 2 is 2.19 bits per heavy atom. The minimum atomic E-state index is -0.644. The third-order valence-electron chi connectivity index (χ3n) is 4.52. The molecule has 0 aromatic carbocycles. The molecular weight excluding hydrogens is 266 g/mol. The zero-order valence-corrected chi connectivity index (χ0v) is 12.9. The van der Waals surface area contributed by atoms with Crippen LogP contribution in [0.4, 0.5) is 0 Å². The first-order valence-electron chi connectivity index (χ1n) is 7.86. The van der Waals surface area contributed by atoms with Gasteiger partial charge >= 0.3 is 0 Å². The van der Waals surface area contributed by atoms with Crippen LogP contribution in [0, 0.1) is 6.92 Å². The SMILES string of the molecule is Cc1nc(CCNC(=O)[C@@]2(C)CCCO2)nc2c1CCC2. The largest absolute Gasteiger partial charge is 0.365 e. The van der Waals surface area contributed by atoms with E-state index in [4.69, 9.17) is 4.74 Å². The first-order chi connectivity index (χ1) is 10.1. The Morgan fingerprint density at radius 3 is 2.95 bits per heavy atom. The van der Waals surface area contributed by atoms with E-state index in [-0.39, 0.29) is 5.91 Å². The lowest BCUT2D eigenvalue weighted by atomic mass is 10.0. The summed E-state index contributed by atoms with van der Waals surface area (Å²) in [4.78, 5) is 21.3. The molecule has 0 saturated carbocycles. The quantitative estimate of drug-likeness (QED) is 0.912. The lowest BCUT2D eigenvalue weighted by Crippen LogP contribution is -2.44. The van der Waals surface area contributed by atoms with Crippen molar-refractivity contribution in [3.8, 4) is 0 Å². The molecule has 1 aliphatic heterocycles. The number of rotatable bonds is 4. The molecule has 1 aromatic heterocycles. The van der Waals surface area contributed by atoms with E-state index in [1.807, 2.05) is 6.92 Å². The molecule has 2 heterocycles. The maximum atomic E-state index is 12.1. The number of aryl methyl sites for hydroxylation is 2. The zero-order valence-electron chi connectivity index (χ0n) is 12.9. The molecule has 1 saturated heterocycles. The Hall–Kier alpha value is -1.49. The van der Waals surface area contributed by atoms with E-state index in [9.17, 15) is 4.79 Å². The molecular formula is C16H23N3O2. The maximum absolute atomic E-state index is 12.1. The summed E-state index contributed by atoms with van der Waals surface area (Å²) in [6.07, 6.45) is 5.78. The maximum Gasteiger partial charge on any atom is 0.251 e. The van der Waals surface area contributed by atoms with Gasteiger partial charge in [-0.25, -0.2) is 9.97 Å². The van der Waals surface area contributed by atoms with Gasteiger partial charge in [-0.3, -0.25) is 4.79 Å². The smallest absolute Gasteiger partial charge is 0.251 e.